The highest BCUT2D eigenvalue weighted by Gasteiger charge is 2.39. The largest absolute Gasteiger partial charge is 0.451 e. The molecule has 1 amide bonds. The molecule has 2 saturated heterocycles. The fraction of sp³-hybridized carbons (Fsp3) is 0.444. The lowest BCUT2D eigenvalue weighted by Crippen LogP contribution is -2.56. The van der Waals surface area contributed by atoms with E-state index in [0.717, 1.165) is 48.2 Å². The Hall–Kier alpha value is -3.91. The molecule has 0 unspecified atom stereocenters. The number of likely N-dealkylation sites (tertiary alicyclic amines) is 2. The molecule has 1 radical (unpaired) electrons. The van der Waals surface area contributed by atoms with Crippen LogP contribution in [0.2, 0.25) is 0 Å². The molecule has 14 heteroatoms. The van der Waals surface area contributed by atoms with Gasteiger partial charge in [0, 0.05) is 62.1 Å². The minimum Gasteiger partial charge on any atom is -0.346 e. The molecule has 41 heavy (non-hydrogen) atoms. The van der Waals surface area contributed by atoms with E-state index in [2.05, 4.69) is 34.9 Å². The summed E-state index contributed by atoms with van der Waals surface area (Å²) >= 11 is 0. The summed E-state index contributed by atoms with van der Waals surface area (Å²) in [6.07, 6.45) is 3.89. The number of rotatable bonds is 7. The second-order valence-electron chi connectivity index (χ2n) is 10.5. The third-order valence-corrected chi connectivity index (χ3v) is 7.80. The summed E-state index contributed by atoms with van der Waals surface area (Å²) in [5.41, 5.74) is 2.49. The second kappa shape index (κ2) is 10.8. The van der Waals surface area contributed by atoms with Crippen LogP contribution in [0.4, 0.5) is 13.2 Å². The number of hydrogen-bond donors (Lipinski definition) is 1. The summed E-state index contributed by atoms with van der Waals surface area (Å²) in [6, 6.07) is 4.78. The fourth-order valence-corrected chi connectivity index (χ4v) is 5.35. The van der Waals surface area contributed by atoms with E-state index in [-0.39, 0.29) is 24.0 Å². The summed E-state index contributed by atoms with van der Waals surface area (Å²) in [7, 11) is 1.78. The number of amides is 1. The molecule has 6 rings (SSSR count). The number of H-pyrrole nitrogens is 1. The lowest BCUT2D eigenvalue weighted by atomic mass is 9.97. The molecule has 0 aliphatic carbocycles. The van der Waals surface area contributed by atoms with Gasteiger partial charge in [-0.3, -0.25) is 14.4 Å². The van der Waals surface area contributed by atoms with Crippen LogP contribution in [0.5, 0.6) is 0 Å². The van der Waals surface area contributed by atoms with E-state index in [1.54, 1.807) is 18.1 Å². The van der Waals surface area contributed by atoms with Crippen molar-refractivity contribution in [2.45, 2.75) is 38.5 Å². The normalized spacial score (nSPS) is 17.5. The maximum atomic E-state index is 13.5. The van der Waals surface area contributed by atoms with Crippen LogP contribution < -0.4 is 0 Å². The number of hydrogen-bond acceptors (Lipinski definition) is 8. The Morgan fingerprint density at radius 3 is 2.68 bits per heavy atom. The number of carbonyl (C=O) groups is 1. The van der Waals surface area contributed by atoms with Crippen molar-refractivity contribution in [2.75, 3.05) is 39.8 Å². The van der Waals surface area contributed by atoms with Gasteiger partial charge >= 0.3 is 6.18 Å². The maximum absolute atomic E-state index is 13.5. The van der Waals surface area contributed by atoms with Crippen LogP contribution >= 0.6 is 0 Å². The number of aromatic amines is 1. The van der Waals surface area contributed by atoms with E-state index in [1.807, 2.05) is 35.0 Å². The summed E-state index contributed by atoms with van der Waals surface area (Å²) in [6.45, 7) is 5.17. The Kier molecular flexibility index (Phi) is 7.20. The van der Waals surface area contributed by atoms with Crippen molar-refractivity contribution < 1.29 is 18.0 Å². The van der Waals surface area contributed by atoms with Gasteiger partial charge in [0.05, 0.1) is 17.6 Å². The molecule has 0 spiro atoms. The van der Waals surface area contributed by atoms with Crippen LogP contribution in [0.25, 0.3) is 22.3 Å². The Morgan fingerprint density at radius 2 is 1.95 bits per heavy atom. The number of carbonyl (C=O) groups excluding carboxylic acids is 1. The average Bonchev–Trinajstić information content (AvgIpc) is 3.62. The highest BCUT2D eigenvalue weighted by Crippen LogP contribution is 2.31. The molecular formula is C27H30F3N10O. The van der Waals surface area contributed by atoms with Gasteiger partial charge in [0.25, 0.3) is 5.91 Å². The van der Waals surface area contributed by atoms with Crippen LogP contribution in [0, 0.1) is 6.04 Å². The van der Waals surface area contributed by atoms with Gasteiger partial charge in [-0.1, -0.05) is 6.92 Å². The van der Waals surface area contributed by atoms with Crippen LogP contribution in [-0.4, -0.2) is 101 Å². The van der Waals surface area contributed by atoms with E-state index in [0.29, 0.717) is 19.6 Å². The molecule has 2 aliphatic heterocycles. The first-order chi connectivity index (χ1) is 19.7. The van der Waals surface area contributed by atoms with Crippen LogP contribution in [-0.2, 0) is 12.7 Å². The molecule has 2 aliphatic rings. The van der Waals surface area contributed by atoms with Crippen LogP contribution in [0.15, 0.2) is 37.1 Å². The smallest absolute Gasteiger partial charge is 0.346 e. The van der Waals surface area contributed by atoms with Crippen molar-refractivity contribution in [1.82, 2.24) is 49.4 Å². The zero-order valence-electron chi connectivity index (χ0n) is 22.8. The molecule has 0 saturated carbocycles. The number of halogens is 3. The maximum Gasteiger partial charge on any atom is 0.451 e. The lowest BCUT2D eigenvalue weighted by molar-refractivity contribution is -0.145. The third-order valence-electron chi connectivity index (χ3n) is 7.80. The predicted octanol–water partition coefficient (Wildman–Crippen LogP) is 3.08. The van der Waals surface area contributed by atoms with Crippen molar-refractivity contribution >= 4 is 16.9 Å². The Balaban J connectivity index is 1.06. The first kappa shape index (κ1) is 27.3. The van der Waals surface area contributed by atoms with Gasteiger partial charge in [-0.25, -0.2) is 19.9 Å². The summed E-state index contributed by atoms with van der Waals surface area (Å²) in [5.74, 6) is -1.77. The molecule has 215 valence electrons. The summed E-state index contributed by atoms with van der Waals surface area (Å²) < 4.78 is 42.3. The molecule has 1 N–H and O–H groups in total. The molecule has 4 aromatic rings. The quantitative estimate of drug-likeness (QED) is 0.363. The van der Waals surface area contributed by atoms with E-state index < -0.39 is 17.9 Å². The van der Waals surface area contributed by atoms with Gasteiger partial charge in [0.2, 0.25) is 5.82 Å². The minimum absolute atomic E-state index is 0.178. The molecular weight excluding hydrogens is 537 g/mol. The molecule has 2 fully saturated rings. The standard InChI is InChI=1S/C27H30F3N10O/c1-3-37(2)13-18-10-22(36-26(35-18)27(28,29)30)25(41)38-8-5-19(6-9-38)39-14-20(15-39)40-12-17(11-34-40)23-21-4-7-31-24(21)33-16-32-23/h4,7,10-12,16,19H,3,5-6,8-9,13-15H2,1-2H3,(H,31,32,33). The van der Waals surface area contributed by atoms with E-state index in [1.165, 1.54) is 18.4 Å². The van der Waals surface area contributed by atoms with Crippen molar-refractivity contribution in [3.05, 3.63) is 60.3 Å². The van der Waals surface area contributed by atoms with Crippen molar-refractivity contribution in [3.63, 3.8) is 0 Å². The van der Waals surface area contributed by atoms with Gasteiger partial charge in [-0.05, 0) is 38.6 Å². The van der Waals surface area contributed by atoms with Crippen molar-refractivity contribution in [2.24, 2.45) is 0 Å². The van der Waals surface area contributed by atoms with Gasteiger partial charge in [-0.15, -0.1) is 0 Å². The SMILES string of the molecule is CCN(C)Cc1cc(C(=O)N2CCC(N3C[C](n4cc(-c5ncnc6[nH]ccc56)cn4)C3)CC2)nc(C(F)(F)F)n1. The Morgan fingerprint density at radius 1 is 1.17 bits per heavy atom. The number of nitrogens with one attached hydrogen (secondary N) is 1. The van der Waals surface area contributed by atoms with E-state index in [4.69, 9.17) is 0 Å². The number of nitrogens with zero attached hydrogens (tertiary/aromatic N) is 9. The van der Waals surface area contributed by atoms with E-state index in [9.17, 15) is 18.0 Å². The predicted molar refractivity (Wildman–Crippen MR) is 143 cm³/mol. The number of fused-ring (bicyclic) bond motifs is 1. The molecule has 6 heterocycles. The summed E-state index contributed by atoms with van der Waals surface area (Å²) in [4.78, 5) is 38.0. The minimum atomic E-state index is -4.73. The van der Waals surface area contributed by atoms with Crippen LogP contribution in [0.1, 0.15) is 41.8 Å². The van der Waals surface area contributed by atoms with Gasteiger partial charge in [-0.2, -0.15) is 18.3 Å². The third kappa shape index (κ3) is 5.53. The molecule has 0 bridgehead atoms. The zero-order chi connectivity index (χ0) is 28.7. The van der Waals surface area contributed by atoms with Crippen molar-refractivity contribution in [1.29, 1.82) is 0 Å². The number of piperidine rings is 1. The first-order valence-electron chi connectivity index (χ1n) is 13.5. The van der Waals surface area contributed by atoms with Gasteiger partial charge in [0.1, 0.15) is 23.7 Å². The number of aromatic nitrogens is 7. The zero-order valence-corrected chi connectivity index (χ0v) is 22.8. The van der Waals surface area contributed by atoms with Gasteiger partial charge < -0.3 is 14.8 Å². The highest BCUT2D eigenvalue weighted by atomic mass is 19.4. The lowest BCUT2D eigenvalue weighted by Gasteiger charge is -2.46. The highest BCUT2D eigenvalue weighted by molar-refractivity contribution is 5.92. The molecule has 11 nitrogen and oxygen atoms in total. The Labute approximate surface area is 234 Å². The number of alkyl halides is 3. The van der Waals surface area contributed by atoms with E-state index >= 15 is 0 Å². The Bertz CT molecular complexity index is 1540. The average molecular weight is 568 g/mol. The topological polar surface area (TPSA) is 112 Å². The van der Waals surface area contributed by atoms with Crippen LogP contribution in [0.3, 0.4) is 0 Å². The first-order valence-corrected chi connectivity index (χ1v) is 13.5. The molecule has 0 aromatic carbocycles. The monoisotopic (exact) mass is 567 g/mol. The molecule has 4 aromatic heterocycles. The van der Waals surface area contributed by atoms with Gasteiger partial charge in [0.15, 0.2) is 0 Å². The fourth-order valence-electron chi connectivity index (χ4n) is 5.35. The summed E-state index contributed by atoms with van der Waals surface area (Å²) in [5, 5.41) is 5.48. The van der Waals surface area contributed by atoms with Crippen molar-refractivity contribution in [3.8, 4) is 11.3 Å². The second-order valence-corrected chi connectivity index (χ2v) is 10.5. The molecule has 0 atom stereocenters.